The van der Waals surface area contributed by atoms with Crippen LogP contribution in [0.2, 0.25) is 0 Å². The van der Waals surface area contributed by atoms with E-state index < -0.39 is 15.1 Å². The van der Waals surface area contributed by atoms with Crippen molar-refractivity contribution >= 4 is 39.1 Å². The van der Waals surface area contributed by atoms with Gasteiger partial charge in [-0.05, 0) is 37.6 Å². The highest BCUT2D eigenvalue weighted by molar-refractivity contribution is 8.01. The van der Waals surface area contributed by atoms with Crippen molar-refractivity contribution in [2.24, 2.45) is 0 Å². The highest BCUT2D eigenvalue weighted by atomic mass is 32.2. The lowest BCUT2D eigenvalue weighted by Gasteiger charge is -2.22. The molecule has 2 atom stereocenters. The number of carbonyl (C=O) groups is 2. The third-order valence-corrected chi connectivity index (χ3v) is 7.86. The van der Waals surface area contributed by atoms with Gasteiger partial charge in [-0.2, -0.15) is 0 Å². The Labute approximate surface area is 169 Å². The molecule has 2 amide bonds. The second-order valence-electron chi connectivity index (χ2n) is 6.73. The summed E-state index contributed by atoms with van der Waals surface area (Å²) in [6.07, 6.45) is -0.135. The van der Waals surface area contributed by atoms with Gasteiger partial charge in [0.1, 0.15) is 0 Å². The minimum Gasteiger partial charge on any atom is -0.352 e. The molecule has 3 rings (SSSR count). The molecule has 2 aromatic rings. The molecule has 2 N–H and O–H groups in total. The number of hydrogen-bond acceptors (Lipinski definition) is 5. The lowest BCUT2D eigenvalue weighted by molar-refractivity contribution is -0.121. The Bertz CT molecular complexity index is 991. The molecule has 0 saturated heterocycles. The maximum Gasteiger partial charge on any atom is 0.237 e. The first-order chi connectivity index (χ1) is 13.3. The monoisotopic (exact) mass is 418 g/mol. The minimum atomic E-state index is -3.70. The summed E-state index contributed by atoms with van der Waals surface area (Å²) >= 11 is 1.39. The Morgan fingerprint density at radius 3 is 2.64 bits per heavy atom. The standard InChI is InChI=1S/C20H22N2O4S2/c1-13(10-19(23)21-12-15-6-4-3-5-7-15)28(25,26)16-8-9-18-17(11-16)22-20(24)14(2)27-18/h3-9,11,13-14H,10,12H2,1-2H3,(H,21,23)(H,22,24)/t13-,14+/m0/s1. The zero-order chi connectivity index (χ0) is 20.3. The van der Waals surface area contributed by atoms with Gasteiger partial charge in [-0.25, -0.2) is 8.42 Å². The molecule has 28 heavy (non-hydrogen) atoms. The Balaban J connectivity index is 1.67. The fraction of sp³-hybridized carbons (Fsp3) is 0.300. The van der Waals surface area contributed by atoms with E-state index in [0.29, 0.717) is 12.2 Å². The number of rotatable bonds is 6. The number of nitrogens with one attached hydrogen (secondary N) is 2. The Hall–Kier alpha value is -2.32. The number of thioether (sulfide) groups is 1. The lowest BCUT2D eigenvalue weighted by Crippen LogP contribution is -2.30. The molecule has 1 heterocycles. The second kappa shape index (κ2) is 8.36. The minimum absolute atomic E-state index is 0.102. The Morgan fingerprint density at radius 2 is 1.93 bits per heavy atom. The van der Waals surface area contributed by atoms with Crippen LogP contribution in [0.5, 0.6) is 0 Å². The van der Waals surface area contributed by atoms with Crippen LogP contribution in [0.4, 0.5) is 5.69 Å². The molecule has 1 aliphatic heterocycles. The van der Waals surface area contributed by atoms with Crippen LogP contribution in [0.3, 0.4) is 0 Å². The lowest BCUT2D eigenvalue weighted by atomic mass is 10.2. The van der Waals surface area contributed by atoms with Crippen LogP contribution in [-0.4, -0.2) is 30.7 Å². The molecule has 8 heteroatoms. The first-order valence-corrected chi connectivity index (χ1v) is 11.4. The summed E-state index contributed by atoms with van der Waals surface area (Å²) in [4.78, 5) is 25.0. The normalized spacial score (nSPS) is 17.4. The quantitative estimate of drug-likeness (QED) is 0.752. The SMILES string of the molecule is C[C@H]1Sc2ccc(S(=O)(=O)[C@@H](C)CC(=O)NCc3ccccc3)cc2NC1=O. The summed E-state index contributed by atoms with van der Waals surface area (Å²) in [7, 11) is -3.70. The van der Waals surface area contributed by atoms with E-state index in [1.165, 1.54) is 30.8 Å². The molecule has 0 spiro atoms. The first kappa shape index (κ1) is 20.4. The highest BCUT2D eigenvalue weighted by Gasteiger charge is 2.29. The van der Waals surface area contributed by atoms with E-state index in [2.05, 4.69) is 10.6 Å². The van der Waals surface area contributed by atoms with Gasteiger partial charge in [0, 0.05) is 17.9 Å². The van der Waals surface area contributed by atoms with Gasteiger partial charge >= 0.3 is 0 Å². The summed E-state index contributed by atoms with van der Waals surface area (Å²) in [5.74, 6) is -0.476. The molecule has 0 unspecified atom stereocenters. The van der Waals surface area contributed by atoms with Gasteiger partial charge in [-0.3, -0.25) is 9.59 Å². The van der Waals surface area contributed by atoms with E-state index in [9.17, 15) is 18.0 Å². The smallest absolute Gasteiger partial charge is 0.237 e. The van der Waals surface area contributed by atoms with E-state index in [4.69, 9.17) is 0 Å². The molecule has 2 aromatic carbocycles. The zero-order valence-electron chi connectivity index (χ0n) is 15.6. The van der Waals surface area contributed by atoms with Crippen LogP contribution < -0.4 is 10.6 Å². The van der Waals surface area contributed by atoms with Crippen molar-refractivity contribution in [1.29, 1.82) is 0 Å². The van der Waals surface area contributed by atoms with Crippen LogP contribution in [0, 0.1) is 0 Å². The molecule has 0 aliphatic carbocycles. The third-order valence-electron chi connectivity index (χ3n) is 4.55. The van der Waals surface area contributed by atoms with Gasteiger partial charge in [0.25, 0.3) is 0 Å². The summed E-state index contributed by atoms with van der Waals surface area (Å²) in [6, 6.07) is 14.1. The van der Waals surface area contributed by atoms with Crippen LogP contribution in [-0.2, 0) is 26.0 Å². The predicted molar refractivity (Wildman–Crippen MR) is 110 cm³/mol. The van der Waals surface area contributed by atoms with Crippen LogP contribution in [0.25, 0.3) is 0 Å². The van der Waals surface area contributed by atoms with Gasteiger partial charge in [-0.1, -0.05) is 30.3 Å². The summed E-state index contributed by atoms with van der Waals surface area (Å²) in [5.41, 5.74) is 1.44. The molecule has 148 valence electrons. The number of fused-ring (bicyclic) bond motifs is 1. The molecular weight excluding hydrogens is 396 g/mol. The van der Waals surface area contributed by atoms with Crippen molar-refractivity contribution in [3.05, 3.63) is 54.1 Å². The molecule has 6 nitrogen and oxygen atoms in total. The van der Waals surface area contributed by atoms with Gasteiger partial charge < -0.3 is 10.6 Å². The van der Waals surface area contributed by atoms with Crippen molar-refractivity contribution < 1.29 is 18.0 Å². The summed E-state index contributed by atoms with van der Waals surface area (Å²) < 4.78 is 25.7. The zero-order valence-corrected chi connectivity index (χ0v) is 17.3. The maximum absolute atomic E-state index is 12.9. The van der Waals surface area contributed by atoms with E-state index in [1.54, 1.807) is 13.0 Å². The van der Waals surface area contributed by atoms with Crippen LogP contribution >= 0.6 is 11.8 Å². The fourth-order valence-corrected chi connectivity index (χ4v) is 5.14. The topological polar surface area (TPSA) is 92.3 Å². The molecule has 0 fully saturated rings. The van der Waals surface area contributed by atoms with E-state index >= 15 is 0 Å². The van der Waals surface area contributed by atoms with Gasteiger partial charge in [0.15, 0.2) is 9.84 Å². The third kappa shape index (κ3) is 4.56. The average Bonchev–Trinajstić information content (AvgIpc) is 2.67. The molecule has 1 aliphatic rings. The molecule has 0 bridgehead atoms. The summed E-state index contributed by atoms with van der Waals surface area (Å²) in [5, 5.41) is 4.38. The maximum atomic E-state index is 12.9. The van der Waals surface area contributed by atoms with Gasteiger partial charge in [0.05, 0.1) is 21.1 Å². The molecule has 0 saturated carbocycles. The van der Waals surface area contributed by atoms with Crippen LogP contribution in [0.1, 0.15) is 25.8 Å². The number of carbonyl (C=O) groups excluding carboxylic acids is 2. The predicted octanol–water partition coefficient (Wildman–Crippen LogP) is 2.99. The van der Waals surface area contributed by atoms with E-state index in [0.717, 1.165) is 10.5 Å². The van der Waals surface area contributed by atoms with Crippen molar-refractivity contribution in [3.8, 4) is 0 Å². The number of sulfone groups is 1. The molecule has 0 radical (unpaired) electrons. The largest absolute Gasteiger partial charge is 0.352 e. The van der Waals surface area contributed by atoms with Crippen LogP contribution in [0.15, 0.2) is 58.3 Å². The average molecular weight is 419 g/mol. The fourth-order valence-electron chi connectivity index (χ4n) is 2.84. The van der Waals surface area contributed by atoms with E-state index in [-0.39, 0.29) is 28.4 Å². The van der Waals surface area contributed by atoms with Crippen molar-refractivity contribution in [2.45, 2.75) is 47.1 Å². The van der Waals surface area contributed by atoms with Crippen molar-refractivity contribution in [2.75, 3.05) is 5.32 Å². The van der Waals surface area contributed by atoms with Gasteiger partial charge in [0.2, 0.25) is 11.8 Å². The summed E-state index contributed by atoms with van der Waals surface area (Å²) in [6.45, 7) is 3.67. The van der Waals surface area contributed by atoms with E-state index in [1.807, 2.05) is 30.3 Å². The van der Waals surface area contributed by atoms with Crippen molar-refractivity contribution in [1.82, 2.24) is 5.32 Å². The van der Waals surface area contributed by atoms with Gasteiger partial charge in [-0.15, -0.1) is 11.8 Å². The first-order valence-electron chi connectivity index (χ1n) is 8.93. The number of amides is 2. The number of anilines is 1. The van der Waals surface area contributed by atoms with Crippen molar-refractivity contribution in [3.63, 3.8) is 0 Å². The number of benzene rings is 2. The molecule has 0 aromatic heterocycles. The highest BCUT2D eigenvalue weighted by Crippen LogP contribution is 2.37. The Morgan fingerprint density at radius 1 is 1.21 bits per heavy atom. The second-order valence-corrected chi connectivity index (χ2v) is 10.5. The Kier molecular flexibility index (Phi) is 6.10. The molecular formula is C20H22N2O4S2. The number of hydrogen-bond donors (Lipinski definition) is 2.